The molecule has 7 nitrogen and oxygen atoms in total. The zero-order valence-corrected chi connectivity index (χ0v) is 13.3. The van der Waals surface area contributed by atoms with Gasteiger partial charge in [-0.25, -0.2) is 9.18 Å². The largest absolute Gasteiger partial charge is 0.494 e. The number of rotatable bonds is 3. The predicted octanol–water partition coefficient (Wildman–Crippen LogP) is 2.82. The van der Waals surface area contributed by atoms with E-state index in [1.54, 1.807) is 17.0 Å². The van der Waals surface area contributed by atoms with Crippen molar-refractivity contribution in [2.24, 2.45) is 0 Å². The Morgan fingerprint density at radius 2 is 2.17 bits per heavy atom. The highest BCUT2D eigenvalue weighted by molar-refractivity contribution is 5.89. The van der Waals surface area contributed by atoms with Crippen molar-refractivity contribution in [2.75, 3.05) is 31.2 Å². The lowest BCUT2D eigenvalue weighted by molar-refractivity contribution is 0.193. The standard InChI is InChI=1S/C16H19FN4O3/c1-23-14-3-2-11(8-12(14)17)19-16(22)21-6-4-10(5-7-21)13-9-15(18)24-20-13/h2-3,8-10H,4-7,18H2,1H3,(H,19,22). The zero-order valence-electron chi connectivity index (χ0n) is 13.3. The van der Waals surface area contributed by atoms with E-state index in [2.05, 4.69) is 10.5 Å². The van der Waals surface area contributed by atoms with Gasteiger partial charge in [-0.2, -0.15) is 0 Å². The molecule has 0 radical (unpaired) electrons. The zero-order chi connectivity index (χ0) is 17.1. The fourth-order valence-electron chi connectivity index (χ4n) is 2.82. The summed E-state index contributed by atoms with van der Waals surface area (Å²) in [5, 5.41) is 6.63. The molecule has 1 aliphatic rings. The minimum Gasteiger partial charge on any atom is -0.494 e. The van der Waals surface area contributed by atoms with Gasteiger partial charge < -0.3 is 25.2 Å². The lowest BCUT2D eigenvalue weighted by Gasteiger charge is -2.31. The van der Waals surface area contributed by atoms with Gasteiger partial charge >= 0.3 is 6.03 Å². The maximum Gasteiger partial charge on any atom is 0.321 e. The first-order chi connectivity index (χ1) is 11.6. The minimum absolute atomic E-state index is 0.140. The molecule has 2 heterocycles. The Kier molecular flexibility index (Phi) is 4.54. The Balaban J connectivity index is 1.56. The van der Waals surface area contributed by atoms with Crippen LogP contribution in [0, 0.1) is 5.82 Å². The Bertz CT molecular complexity index is 726. The molecule has 3 N–H and O–H groups in total. The van der Waals surface area contributed by atoms with Crippen LogP contribution in [0.2, 0.25) is 0 Å². The van der Waals surface area contributed by atoms with E-state index in [9.17, 15) is 9.18 Å². The summed E-state index contributed by atoms with van der Waals surface area (Å²) in [7, 11) is 1.39. The van der Waals surface area contributed by atoms with E-state index in [0.29, 0.717) is 24.7 Å². The van der Waals surface area contributed by atoms with E-state index in [-0.39, 0.29) is 17.7 Å². The number of hydrogen-bond donors (Lipinski definition) is 2. The lowest BCUT2D eigenvalue weighted by atomic mass is 9.94. The first-order valence-corrected chi connectivity index (χ1v) is 7.68. The van der Waals surface area contributed by atoms with Gasteiger partial charge in [0.25, 0.3) is 0 Å². The topological polar surface area (TPSA) is 93.6 Å². The van der Waals surface area contributed by atoms with Gasteiger partial charge in [0.1, 0.15) is 0 Å². The average molecular weight is 334 g/mol. The van der Waals surface area contributed by atoms with Crippen LogP contribution in [0.25, 0.3) is 0 Å². The van der Waals surface area contributed by atoms with Gasteiger partial charge in [0.2, 0.25) is 5.88 Å². The van der Waals surface area contributed by atoms with E-state index in [0.717, 1.165) is 18.5 Å². The molecule has 3 rings (SSSR count). The third kappa shape index (κ3) is 3.42. The van der Waals surface area contributed by atoms with Crippen molar-refractivity contribution in [1.82, 2.24) is 10.1 Å². The predicted molar refractivity (Wildman–Crippen MR) is 86.4 cm³/mol. The molecule has 2 amide bonds. The Hall–Kier alpha value is -2.77. The number of carbonyl (C=O) groups excluding carboxylic acids is 1. The summed E-state index contributed by atoms with van der Waals surface area (Å²) in [5.41, 5.74) is 6.75. The number of urea groups is 1. The number of nitrogens with one attached hydrogen (secondary N) is 1. The van der Waals surface area contributed by atoms with Crippen LogP contribution >= 0.6 is 0 Å². The summed E-state index contributed by atoms with van der Waals surface area (Å²) in [5.74, 6) is 0.151. The number of ether oxygens (including phenoxy) is 1. The normalized spacial score (nSPS) is 15.3. The number of anilines is 2. The van der Waals surface area contributed by atoms with Crippen molar-refractivity contribution in [3.05, 3.63) is 35.8 Å². The smallest absolute Gasteiger partial charge is 0.321 e. The number of aromatic nitrogens is 1. The number of nitrogen functional groups attached to an aromatic ring is 1. The van der Waals surface area contributed by atoms with E-state index in [1.807, 2.05) is 0 Å². The van der Waals surface area contributed by atoms with Crippen LogP contribution in [0.1, 0.15) is 24.5 Å². The number of methoxy groups -OCH3 is 1. The van der Waals surface area contributed by atoms with E-state index >= 15 is 0 Å². The molecule has 0 spiro atoms. The van der Waals surface area contributed by atoms with Gasteiger partial charge in [0.15, 0.2) is 11.6 Å². The van der Waals surface area contributed by atoms with Crippen LogP contribution in [0.15, 0.2) is 28.8 Å². The second-order valence-electron chi connectivity index (χ2n) is 5.69. The van der Waals surface area contributed by atoms with Crippen LogP contribution in [-0.4, -0.2) is 36.3 Å². The molecule has 1 aliphatic heterocycles. The van der Waals surface area contributed by atoms with Crippen molar-refractivity contribution < 1.29 is 18.4 Å². The molecule has 1 saturated heterocycles. The summed E-state index contributed by atoms with van der Waals surface area (Å²) in [6.07, 6.45) is 1.55. The lowest BCUT2D eigenvalue weighted by Crippen LogP contribution is -2.40. The number of benzene rings is 1. The van der Waals surface area contributed by atoms with E-state index in [1.165, 1.54) is 19.2 Å². The SMILES string of the molecule is COc1ccc(NC(=O)N2CCC(c3cc(N)on3)CC2)cc1F. The number of likely N-dealkylation sites (tertiary alicyclic amines) is 1. The second-order valence-corrected chi connectivity index (χ2v) is 5.69. The summed E-state index contributed by atoms with van der Waals surface area (Å²) in [4.78, 5) is 14.0. The number of piperidine rings is 1. The first-order valence-electron chi connectivity index (χ1n) is 7.68. The molecule has 0 atom stereocenters. The number of amides is 2. The molecule has 1 aromatic heterocycles. The van der Waals surface area contributed by atoms with Gasteiger partial charge in [-0.15, -0.1) is 0 Å². The molecule has 0 unspecified atom stereocenters. The molecule has 1 fully saturated rings. The fraction of sp³-hybridized carbons (Fsp3) is 0.375. The van der Waals surface area contributed by atoms with Crippen LogP contribution in [0.4, 0.5) is 20.8 Å². The van der Waals surface area contributed by atoms with Crippen molar-refractivity contribution in [1.29, 1.82) is 0 Å². The van der Waals surface area contributed by atoms with E-state index < -0.39 is 5.82 Å². The van der Waals surface area contributed by atoms with E-state index in [4.69, 9.17) is 15.0 Å². The molecule has 8 heteroatoms. The summed E-state index contributed by atoms with van der Waals surface area (Å²) >= 11 is 0. The highest BCUT2D eigenvalue weighted by Gasteiger charge is 2.26. The quantitative estimate of drug-likeness (QED) is 0.900. The number of nitrogens with zero attached hydrogens (tertiary/aromatic N) is 2. The molecule has 0 bridgehead atoms. The van der Waals surface area contributed by atoms with Crippen molar-refractivity contribution in [3.8, 4) is 5.75 Å². The molecule has 24 heavy (non-hydrogen) atoms. The second kappa shape index (κ2) is 6.77. The molecule has 2 aromatic rings. The summed E-state index contributed by atoms with van der Waals surface area (Å²) in [6.45, 7) is 1.17. The van der Waals surface area contributed by atoms with Crippen LogP contribution < -0.4 is 15.8 Å². The molecular formula is C16H19FN4O3. The monoisotopic (exact) mass is 334 g/mol. The molecule has 1 aromatic carbocycles. The van der Waals surface area contributed by atoms with Crippen LogP contribution in [-0.2, 0) is 0 Å². The van der Waals surface area contributed by atoms with Gasteiger partial charge in [0.05, 0.1) is 12.8 Å². The van der Waals surface area contributed by atoms with Gasteiger partial charge in [-0.05, 0) is 25.0 Å². The van der Waals surface area contributed by atoms with Gasteiger partial charge in [0, 0.05) is 36.8 Å². The maximum absolute atomic E-state index is 13.7. The molecule has 0 saturated carbocycles. The first kappa shape index (κ1) is 16.1. The Morgan fingerprint density at radius 3 is 2.75 bits per heavy atom. The maximum atomic E-state index is 13.7. The van der Waals surface area contributed by atoms with Crippen molar-refractivity contribution in [2.45, 2.75) is 18.8 Å². The number of halogens is 1. The fourth-order valence-corrected chi connectivity index (χ4v) is 2.82. The Labute approximate surface area is 138 Å². The minimum atomic E-state index is -0.516. The highest BCUT2D eigenvalue weighted by atomic mass is 19.1. The van der Waals surface area contributed by atoms with Gasteiger partial charge in [-0.1, -0.05) is 5.16 Å². The third-order valence-corrected chi connectivity index (χ3v) is 4.15. The molecule has 128 valence electrons. The number of nitrogens with two attached hydrogens (primary N) is 1. The van der Waals surface area contributed by atoms with Crippen LogP contribution in [0.3, 0.4) is 0 Å². The number of carbonyl (C=O) groups is 1. The Morgan fingerprint density at radius 1 is 1.42 bits per heavy atom. The number of hydrogen-bond acceptors (Lipinski definition) is 5. The van der Waals surface area contributed by atoms with Crippen molar-refractivity contribution >= 4 is 17.6 Å². The summed E-state index contributed by atoms with van der Waals surface area (Å²) in [6, 6.07) is 5.79. The average Bonchev–Trinajstić information content (AvgIpc) is 3.02. The molecule has 0 aliphatic carbocycles. The van der Waals surface area contributed by atoms with Crippen molar-refractivity contribution in [3.63, 3.8) is 0 Å². The summed E-state index contributed by atoms with van der Waals surface area (Å²) < 4.78 is 23.4. The van der Waals surface area contributed by atoms with Crippen LogP contribution in [0.5, 0.6) is 5.75 Å². The van der Waals surface area contributed by atoms with Gasteiger partial charge in [-0.3, -0.25) is 0 Å². The third-order valence-electron chi connectivity index (χ3n) is 4.15. The molecular weight excluding hydrogens is 315 g/mol. The highest BCUT2D eigenvalue weighted by Crippen LogP contribution is 2.28.